The Kier molecular flexibility index (Phi) is 2.91. The van der Waals surface area contributed by atoms with Crippen molar-refractivity contribution in [1.82, 2.24) is 15.3 Å². The molecule has 0 aliphatic carbocycles. The van der Waals surface area contributed by atoms with Gasteiger partial charge in [0.15, 0.2) is 0 Å². The van der Waals surface area contributed by atoms with Crippen LogP contribution in [0.3, 0.4) is 0 Å². The van der Waals surface area contributed by atoms with E-state index in [2.05, 4.69) is 15.3 Å². The van der Waals surface area contributed by atoms with Gasteiger partial charge in [-0.15, -0.1) is 0 Å². The molecular weight excluding hydrogens is 200 g/mol. The highest BCUT2D eigenvalue weighted by atomic mass is 19.3. The molecule has 0 amide bonds. The lowest BCUT2D eigenvalue weighted by Gasteiger charge is -2.03. The Morgan fingerprint density at radius 2 is 2.27 bits per heavy atom. The predicted molar refractivity (Wildman–Crippen MR) is 53.8 cm³/mol. The molecule has 2 rings (SSSR count). The number of hydrogen-bond acceptors (Lipinski definition) is 2. The minimum absolute atomic E-state index is 0.277. The molecule has 15 heavy (non-hydrogen) atoms. The van der Waals surface area contributed by atoms with E-state index < -0.39 is 6.43 Å². The Bertz CT molecular complexity index is 439. The van der Waals surface area contributed by atoms with Crippen molar-refractivity contribution in [3.63, 3.8) is 0 Å². The third kappa shape index (κ3) is 2.50. The van der Waals surface area contributed by atoms with Crippen LogP contribution in [0.5, 0.6) is 0 Å². The fraction of sp³-hybridized carbons (Fsp3) is 0.300. The van der Waals surface area contributed by atoms with Crippen molar-refractivity contribution < 1.29 is 8.78 Å². The van der Waals surface area contributed by atoms with Crippen LogP contribution >= 0.6 is 0 Å². The van der Waals surface area contributed by atoms with Crippen LogP contribution in [0.15, 0.2) is 24.5 Å². The van der Waals surface area contributed by atoms with Gasteiger partial charge in [-0.05, 0) is 17.7 Å². The third-order valence-corrected chi connectivity index (χ3v) is 2.11. The van der Waals surface area contributed by atoms with Gasteiger partial charge in [0.25, 0.3) is 6.43 Å². The molecule has 80 valence electrons. The molecule has 0 radical (unpaired) electrons. The first kappa shape index (κ1) is 10.0. The summed E-state index contributed by atoms with van der Waals surface area (Å²) in [6.45, 7) is 0.167. The quantitative estimate of drug-likeness (QED) is 0.811. The maximum absolute atomic E-state index is 11.9. The zero-order valence-corrected chi connectivity index (χ0v) is 8.00. The van der Waals surface area contributed by atoms with Gasteiger partial charge in [0.05, 0.1) is 23.9 Å². The number of alkyl halides is 2. The molecule has 0 bridgehead atoms. The van der Waals surface area contributed by atoms with Gasteiger partial charge in [-0.1, -0.05) is 6.07 Å². The van der Waals surface area contributed by atoms with E-state index in [4.69, 9.17) is 0 Å². The molecule has 5 heteroatoms. The van der Waals surface area contributed by atoms with Gasteiger partial charge in [0.2, 0.25) is 0 Å². The predicted octanol–water partition coefficient (Wildman–Crippen LogP) is 1.92. The van der Waals surface area contributed by atoms with Crippen LogP contribution in [-0.4, -0.2) is 22.9 Å². The Morgan fingerprint density at radius 3 is 3.07 bits per heavy atom. The number of nitrogens with one attached hydrogen (secondary N) is 2. The number of hydrogen-bond donors (Lipinski definition) is 2. The Labute approximate surface area is 85.5 Å². The molecular formula is C10H11F2N3. The number of aromatic nitrogens is 2. The molecule has 0 fully saturated rings. The highest BCUT2D eigenvalue weighted by Crippen LogP contribution is 2.11. The van der Waals surface area contributed by atoms with Crippen LogP contribution in [0.1, 0.15) is 5.56 Å². The van der Waals surface area contributed by atoms with E-state index in [-0.39, 0.29) is 6.54 Å². The van der Waals surface area contributed by atoms with E-state index in [0.717, 1.165) is 16.6 Å². The molecule has 0 saturated heterocycles. The van der Waals surface area contributed by atoms with Crippen molar-refractivity contribution in [1.29, 1.82) is 0 Å². The lowest BCUT2D eigenvalue weighted by atomic mass is 10.2. The summed E-state index contributed by atoms with van der Waals surface area (Å²) in [4.78, 5) is 7.04. The summed E-state index contributed by atoms with van der Waals surface area (Å²) in [6, 6.07) is 5.65. The van der Waals surface area contributed by atoms with E-state index in [1.807, 2.05) is 18.2 Å². The molecule has 0 spiro atoms. The van der Waals surface area contributed by atoms with Crippen LogP contribution in [0.25, 0.3) is 11.0 Å². The van der Waals surface area contributed by atoms with Gasteiger partial charge in [-0.25, -0.2) is 13.8 Å². The highest BCUT2D eigenvalue weighted by molar-refractivity contribution is 5.74. The first-order valence-corrected chi connectivity index (χ1v) is 4.66. The third-order valence-electron chi connectivity index (χ3n) is 2.11. The normalized spacial score (nSPS) is 11.4. The summed E-state index contributed by atoms with van der Waals surface area (Å²) < 4.78 is 23.7. The summed E-state index contributed by atoms with van der Waals surface area (Å²) >= 11 is 0. The molecule has 3 nitrogen and oxygen atoms in total. The van der Waals surface area contributed by atoms with Crippen molar-refractivity contribution in [2.75, 3.05) is 6.54 Å². The first-order chi connectivity index (χ1) is 7.25. The number of aromatic amines is 1. The number of nitrogens with zero attached hydrogens (tertiary/aromatic N) is 1. The minimum Gasteiger partial charge on any atom is -0.345 e. The Morgan fingerprint density at radius 1 is 1.40 bits per heavy atom. The van der Waals surface area contributed by atoms with Crippen LogP contribution in [-0.2, 0) is 6.54 Å². The molecule has 0 aliphatic rings. The van der Waals surface area contributed by atoms with Crippen LogP contribution in [0.4, 0.5) is 8.78 Å². The molecule has 0 unspecified atom stereocenters. The highest BCUT2D eigenvalue weighted by Gasteiger charge is 2.02. The van der Waals surface area contributed by atoms with E-state index in [1.165, 1.54) is 0 Å². The SMILES string of the molecule is FC(F)CNCc1ccc2nc[nH]c2c1. The lowest BCUT2D eigenvalue weighted by molar-refractivity contribution is 0.145. The summed E-state index contributed by atoms with van der Waals surface area (Å²) in [5, 5.41) is 2.67. The largest absolute Gasteiger partial charge is 0.345 e. The number of imidazole rings is 1. The summed E-state index contributed by atoms with van der Waals surface area (Å²) in [5.74, 6) is 0. The van der Waals surface area contributed by atoms with Crippen molar-refractivity contribution in [3.8, 4) is 0 Å². The maximum atomic E-state index is 11.9. The minimum atomic E-state index is -2.30. The second-order valence-corrected chi connectivity index (χ2v) is 3.28. The molecule has 1 aromatic heterocycles. The second kappa shape index (κ2) is 4.35. The Balaban J connectivity index is 2.02. The van der Waals surface area contributed by atoms with Gasteiger partial charge in [0, 0.05) is 6.54 Å². The maximum Gasteiger partial charge on any atom is 0.250 e. The topological polar surface area (TPSA) is 40.7 Å². The van der Waals surface area contributed by atoms with Gasteiger partial charge < -0.3 is 10.3 Å². The van der Waals surface area contributed by atoms with Crippen LogP contribution in [0, 0.1) is 0 Å². The van der Waals surface area contributed by atoms with Gasteiger partial charge in [-0.3, -0.25) is 0 Å². The molecule has 0 atom stereocenters. The lowest BCUT2D eigenvalue weighted by Crippen LogP contribution is -2.20. The van der Waals surface area contributed by atoms with Crippen molar-refractivity contribution in [3.05, 3.63) is 30.1 Å². The molecule has 0 aliphatic heterocycles. The van der Waals surface area contributed by atoms with Crippen molar-refractivity contribution in [2.24, 2.45) is 0 Å². The smallest absolute Gasteiger partial charge is 0.250 e. The molecule has 2 N–H and O–H groups in total. The second-order valence-electron chi connectivity index (χ2n) is 3.28. The Hall–Kier alpha value is -1.49. The zero-order chi connectivity index (χ0) is 10.7. The molecule has 2 aromatic rings. The van der Waals surface area contributed by atoms with Gasteiger partial charge in [-0.2, -0.15) is 0 Å². The summed E-state index contributed by atoms with van der Waals surface area (Å²) in [6.07, 6.45) is -0.693. The average Bonchev–Trinajstić information content (AvgIpc) is 2.64. The molecule has 1 heterocycles. The number of halogens is 2. The first-order valence-electron chi connectivity index (χ1n) is 4.66. The molecule has 1 aromatic carbocycles. The van der Waals surface area contributed by atoms with E-state index in [0.29, 0.717) is 6.54 Å². The van der Waals surface area contributed by atoms with Crippen LogP contribution in [0.2, 0.25) is 0 Å². The van der Waals surface area contributed by atoms with Crippen molar-refractivity contribution in [2.45, 2.75) is 13.0 Å². The van der Waals surface area contributed by atoms with E-state index in [1.54, 1.807) is 6.33 Å². The number of rotatable bonds is 4. The van der Waals surface area contributed by atoms with Crippen molar-refractivity contribution >= 4 is 11.0 Å². The fourth-order valence-corrected chi connectivity index (χ4v) is 1.42. The number of fused-ring (bicyclic) bond motifs is 1. The van der Waals surface area contributed by atoms with E-state index >= 15 is 0 Å². The van der Waals surface area contributed by atoms with Gasteiger partial charge >= 0.3 is 0 Å². The fourth-order valence-electron chi connectivity index (χ4n) is 1.42. The summed E-state index contributed by atoms with van der Waals surface area (Å²) in [5.41, 5.74) is 2.77. The molecule has 0 saturated carbocycles. The zero-order valence-electron chi connectivity index (χ0n) is 8.00. The summed E-state index contributed by atoms with van der Waals surface area (Å²) in [7, 11) is 0. The average molecular weight is 211 g/mol. The van der Waals surface area contributed by atoms with Gasteiger partial charge in [0.1, 0.15) is 0 Å². The van der Waals surface area contributed by atoms with E-state index in [9.17, 15) is 8.78 Å². The standard InChI is InChI=1S/C10H11F2N3/c11-10(12)5-13-4-7-1-2-8-9(3-7)15-6-14-8/h1-3,6,10,13H,4-5H2,(H,14,15). The van der Waals surface area contributed by atoms with Crippen LogP contribution < -0.4 is 5.32 Å². The number of benzene rings is 1. The number of H-pyrrole nitrogens is 1. The monoisotopic (exact) mass is 211 g/mol.